The fourth-order valence-corrected chi connectivity index (χ4v) is 5.19. The van der Waals surface area contributed by atoms with Gasteiger partial charge >= 0.3 is 5.97 Å². The number of carboxylic acids is 1. The number of hydrogen-bond donors (Lipinski definition) is 3. The Bertz CT molecular complexity index is 1300. The number of benzene rings is 3. The van der Waals surface area contributed by atoms with E-state index in [1.54, 1.807) is 6.07 Å². The number of thiophene rings is 1. The van der Waals surface area contributed by atoms with Gasteiger partial charge in [0, 0.05) is 22.9 Å². The molecule has 1 amide bonds. The molecule has 188 valence electrons. The maximum Gasteiger partial charge on any atom is 0.326 e. The molecule has 0 saturated carbocycles. The maximum atomic E-state index is 13.0. The van der Waals surface area contributed by atoms with Gasteiger partial charge in [-0.2, -0.15) is 0 Å². The number of hydrogen-bond acceptors (Lipinski definition) is 4. The number of carbonyl (C=O) groups is 2. The van der Waals surface area contributed by atoms with Gasteiger partial charge in [-0.1, -0.05) is 91.0 Å². The Balaban J connectivity index is 1.42. The standard InChI is InChI=1S/C30H29N3O3S/c31-28(23-15-8-3-9-16-23)32-20-10-17-24(30(35)36)33-29(34)26-19-18-25(37-26)27(21-11-4-1-5-12-21)22-13-6-2-7-14-22/h1-9,11-16,18-19,24,27H,10,17,20H2,(H2,31,32)(H,33,34)(H,35,36). The second-order valence-electron chi connectivity index (χ2n) is 8.60. The highest BCUT2D eigenvalue weighted by Crippen LogP contribution is 2.36. The van der Waals surface area contributed by atoms with E-state index in [2.05, 4.69) is 34.6 Å². The zero-order valence-electron chi connectivity index (χ0n) is 20.3. The van der Waals surface area contributed by atoms with Crippen molar-refractivity contribution in [2.75, 3.05) is 6.54 Å². The third-order valence-corrected chi connectivity index (χ3v) is 7.16. The van der Waals surface area contributed by atoms with Gasteiger partial charge in [0.15, 0.2) is 0 Å². The van der Waals surface area contributed by atoms with Gasteiger partial charge in [-0.25, -0.2) is 4.79 Å². The number of aliphatic carboxylic acids is 1. The minimum Gasteiger partial charge on any atom is -0.480 e. The summed E-state index contributed by atoms with van der Waals surface area (Å²) in [6.45, 7) is 0.374. The first kappa shape index (κ1) is 25.9. The minimum atomic E-state index is -1.07. The number of amidine groups is 1. The molecule has 0 radical (unpaired) electrons. The molecule has 1 aromatic heterocycles. The van der Waals surface area contributed by atoms with Crippen molar-refractivity contribution >= 4 is 29.0 Å². The van der Waals surface area contributed by atoms with Crippen LogP contribution in [0, 0.1) is 0 Å². The third-order valence-electron chi connectivity index (χ3n) is 6.01. The number of carbonyl (C=O) groups excluding carboxylic acids is 1. The maximum absolute atomic E-state index is 13.0. The summed E-state index contributed by atoms with van der Waals surface area (Å²) in [5.74, 6) is -1.07. The first-order valence-electron chi connectivity index (χ1n) is 12.1. The summed E-state index contributed by atoms with van der Waals surface area (Å²) < 4.78 is 0. The molecule has 0 saturated heterocycles. The van der Waals surface area contributed by atoms with Gasteiger partial charge < -0.3 is 16.2 Å². The molecular formula is C30H29N3O3S. The fraction of sp³-hybridized carbons (Fsp3) is 0.167. The normalized spacial score (nSPS) is 12.3. The number of nitrogens with one attached hydrogen (secondary N) is 1. The molecule has 0 aliphatic heterocycles. The first-order chi connectivity index (χ1) is 18.0. The highest BCUT2D eigenvalue weighted by molar-refractivity contribution is 7.14. The first-order valence-corrected chi connectivity index (χ1v) is 12.9. The van der Waals surface area contributed by atoms with E-state index in [0.717, 1.165) is 21.6 Å². The molecule has 4 N–H and O–H groups in total. The summed E-state index contributed by atoms with van der Waals surface area (Å²) in [6, 6.07) is 32.4. The number of aliphatic imine (C=N–C) groups is 1. The summed E-state index contributed by atoms with van der Waals surface area (Å²) in [6.07, 6.45) is 0.728. The van der Waals surface area contributed by atoms with Crippen molar-refractivity contribution in [1.82, 2.24) is 5.32 Å². The molecule has 37 heavy (non-hydrogen) atoms. The van der Waals surface area contributed by atoms with Crippen LogP contribution in [0.2, 0.25) is 0 Å². The molecule has 0 aliphatic rings. The average molecular weight is 512 g/mol. The molecule has 6 nitrogen and oxygen atoms in total. The molecule has 4 rings (SSSR count). The predicted octanol–water partition coefficient (Wildman–Crippen LogP) is 5.30. The molecule has 7 heteroatoms. The van der Waals surface area contributed by atoms with E-state index >= 15 is 0 Å². The van der Waals surface area contributed by atoms with Crippen molar-refractivity contribution in [3.8, 4) is 0 Å². The topological polar surface area (TPSA) is 105 Å². The summed E-state index contributed by atoms with van der Waals surface area (Å²) in [5, 5.41) is 12.4. The van der Waals surface area contributed by atoms with E-state index in [1.807, 2.05) is 72.8 Å². The fourth-order valence-electron chi connectivity index (χ4n) is 4.12. The Morgan fingerprint density at radius 2 is 1.41 bits per heavy atom. The molecule has 1 atom stereocenters. The number of nitrogens with two attached hydrogens (primary N) is 1. The molecule has 1 heterocycles. The summed E-state index contributed by atoms with van der Waals surface area (Å²) in [4.78, 5) is 30.6. The molecule has 0 bridgehead atoms. The monoisotopic (exact) mass is 511 g/mol. The van der Waals surface area contributed by atoms with Gasteiger partial charge in [-0.05, 0) is 36.1 Å². The van der Waals surface area contributed by atoms with E-state index in [4.69, 9.17) is 5.73 Å². The van der Waals surface area contributed by atoms with Crippen LogP contribution in [0.3, 0.4) is 0 Å². The van der Waals surface area contributed by atoms with Gasteiger partial charge in [0.2, 0.25) is 0 Å². The zero-order chi connectivity index (χ0) is 26.0. The molecule has 1 unspecified atom stereocenters. The number of rotatable bonds is 11. The van der Waals surface area contributed by atoms with Gasteiger partial charge in [0.1, 0.15) is 11.9 Å². The van der Waals surface area contributed by atoms with E-state index in [1.165, 1.54) is 11.3 Å². The number of carboxylic acid groups (broad SMARTS) is 1. The van der Waals surface area contributed by atoms with Gasteiger partial charge in [-0.15, -0.1) is 11.3 Å². The van der Waals surface area contributed by atoms with Crippen LogP contribution in [0.4, 0.5) is 0 Å². The SMILES string of the molecule is NC(=NCCCC(NC(=O)c1ccc(C(c2ccccc2)c2ccccc2)s1)C(=O)O)c1ccccc1. The Morgan fingerprint density at radius 3 is 1.97 bits per heavy atom. The van der Waals surface area contributed by atoms with Crippen molar-refractivity contribution in [3.63, 3.8) is 0 Å². The van der Waals surface area contributed by atoms with Crippen LogP contribution in [0.5, 0.6) is 0 Å². The van der Waals surface area contributed by atoms with E-state index in [9.17, 15) is 14.7 Å². The molecule has 4 aromatic rings. The predicted molar refractivity (Wildman–Crippen MR) is 148 cm³/mol. The van der Waals surface area contributed by atoms with Crippen molar-refractivity contribution in [2.24, 2.45) is 10.7 Å². The number of nitrogens with zero attached hydrogens (tertiary/aromatic N) is 1. The smallest absolute Gasteiger partial charge is 0.326 e. The Labute approximate surface area is 220 Å². The van der Waals surface area contributed by atoms with Crippen molar-refractivity contribution in [2.45, 2.75) is 24.8 Å². The van der Waals surface area contributed by atoms with Crippen LogP contribution in [0.15, 0.2) is 108 Å². The van der Waals surface area contributed by atoms with E-state index in [-0.39, 0.29) is 12.3 Å². The van der Waals surface area contributed by atoms with Crippen LogP contribution in [0.1, 0.15) is 50.0 Å². The highest BCUT2D eigenvalue weighted by Gasteiger charge is 2.23. The Kier molecular flexibility index (Phi) is 8.84. The lowest BCUT2D eigenvalue weighted by Crippen LogP contribution is -2.40. The summed E-state index contributed by atoms with van der Waals surface area (Å²) >= 11 is 1.38. The van der Waals surface area contributed by atoms with Gasteiger partial charge in [0.05, 0.1) is 4.88 Å². The second kappa shape index (κ2) is 12.6. The molecular weight excluding hydrogens is 482 g/mol. The molecule has 3 aromatic carbocycles. The van der Waals surface area contributed by atoms with Crippen molar-refractivity contribution in [3.05, 3.63) is 130 Å². The zero-order valence-corrected chi connectivity index (χ0v) is 21.1. The Morgan fingerprint density at radius 1 is 0.838 bits per heavy atom. The van der Waals surface area contributed by atoms with E-state index in [0.29, 0.717) is 23.7 Å². The van der Waals surface area contributed by atoms with Crippen molar-refractivity contribution in [1.29, 1.82) is 0 Å². The summed E-state index contributed by atoms with van der Waals surface area (Å²) in [5.41, 5.74) is 9.08. The van der Waals surface area contributed by atoms with Crippen molar-refractivity contribution < 1.29 is 14.7 Å². The molecule has 0 spiro atoms. The van der Waals surface area contributed by atoms with E-state index < -0.39 is 17.9 Å². The molecule has 0 aliphatic carbocycles. The summed E-state index contributed by atoms with van der Waals surface area (Å²) in [7, 11) is 0. The Hall–Kier alpha value is -4.23. The average Bonchev–Trinajstić information content (AvgIpc) is 3.42. The third kappa shape index (κ3) is 6.92. The second-order valence-corrected chi connectivity index (χ2v) is 9.71. The highest BCUT2D eigenvalue weighted by atomic mass is 32.1. The molecule has 0 fully saturated rings. The quantitative estimate of drug-likeness (QED) is 0.144. The van der Waals surface area contributed by atoms with Crippen LogP contribution in [-0.2, 0) is 4.79 Å². The minimum absolute atomic E-state index is 0.0165. The van der Waals surface area contributed by atoms with Gasteiger partial charge in [0.25, 0.3) is 5.91 Å². The van der Waals surface area contributed by atoms with Crippen LogP contribution < -0.4 is 11.1 Å². The largest absolute Gasteiger partial charge is 0.480 e. The lowest BCUT2D eigenvalue weighted by Gasteiger charge is -2.17. The number of amides is 1. The lowest BCUT2D eigenvalue weighted by molar-refractivity contribution is -0.139. The lowest BCUT2D eigenvalue weighted by atomic mass is 9.90. The van der Waals surface area contributed by atoms with Crippen LogP contribution in [-0.4, -0.2) is 35.4 Å². The van der Waals surface area contributed by atoms with Gasteiger partial charge in [-0.3, -0.25) is 9.79 Å². The van der Waals surface area contributed by atoms with Crippen LogP contribution >= 0.6 is 11.3 Å². The van der Waals surface area contributed by atoms with Crippen LogP contribution in [0.25, 0.3) is 0 Å².